The third kappa shape index (κ3) is 3.86. The van der Waals surface area contributed by atoms with E-state index < -0.39 is 0 Å². The summed E-state index contributed by atoms with van der Waals surface area (Å²) in [5, 5.41) is 0. The fraction of sp³-hybridized carbons (Fsp3) is 0.312. The van der Waals surface area contributed by atoms with Crippen LogP contribution in [-0.4, -0.2) is 19.2 Å². The maximum absolute atomic E-state index is 5.82. The monoisotopic (exact) mass is 288 g/mol. The zero-order chi connectivity index (χ0) is 15.2. The number of aromatic nitrogens is 1. The Labute approximate surface area is 124 Å². The zero-order valence-corrected chi connectivity index (χ0v) is 12.6. The first-order valence-electron chi connectivity index (χ1n) is 6.79. The average Bonchev–Trinajstić information content (AvgIpc) is 2.53. The van der Waals surface area contributed by atoms with Gasteiger partial charge in [-0.1, -0.05) is 6.92 Å². The summed E-state index contributed by atoms with van der Waals surface area (Å²) in [6.45, 7) is 2.49. The normalized spacial score (nSPS) is 10.3. The predicted octanol–water partition coefficient (Wildman–Crippen LogP) is 2.91. The van der Waals surface area contributed by atoms with E-state index in [4.69, 9.17) is 19.9 Å². The molecule has 2 rings (SSSR count). The van der Waals surface area contributed by atoms with Crippen molar-refractivity contribution in [3.05, 3.63) is 41.6 Å². The molecule has 5 heteroatoms. The van der Waals surface area contributed by atoms with E-state index >= 15 is 0 Å². The molecule has 1 heterocycles. The highest BCUT2D eigenvalue weighted by Gasteiger charge is 2.07. The molecular weight excluding hydrogens is 268 g/mol. The number of benzene rings is 1. The van der Waals surface area contributed by atoms with Crippen LogP contribution in [0.25, 0.3) is 0 Å². The molecule has 0 fully saturated rings. The highest BCUT2D eigenvalue weighted by Crippen LogP contribution is 2.30. The highest BCUT2D eigenvalue weighted by atomic mass is 16.5. The Morgan fingerprint density at radius 3 is 2.10 bits per heavy atom. The van der Waals surface area contributed by atoms with Crippen LogP contribution < -0.4 is 19.9 Å². The van der Waals surface area contributed by atoms with E-state index in [0.29, 0.717) is 29.7 Å². The predicted molar refractivity (Wildman–Crippen MR) is 81.1 cm³/mol. The number of rotatable bonds is 6. The van der Waals surface area contributed by atoms with Crippen molar-refractivity contribution < 1.29 is 14.2 Å². The van der Waals surface area contributed by atoms with Gasteiger partial charge in [-0.25, -0.2) is 4.98 Å². The van der Waals surface area contributed by atoms with Crippen LogP contribution in [0.15, 0.2) is 30.3 Å². The third-order valence-electron chi connectivity index (χ3n) is 3.06. The second kappa shape index (κ2) is 6.95. The smallest absolute Gasteiger partial charge is 0.219 e. The molecule has 2 aromatic rings. The lowest BCUT2D eigenvalue weighted by molar-refractivity contribution is 0.385. The summed E-state index contributed by atoms with van der Waals surface area (Å²) in [5.41, 5.74) is 7.64. The van der Waals surface area contributed by atoms with E-state index in [-0.39, 0.29) is 0 Å². The number of hydrogen-bond donors (Lipinski definition) is 1. The fourth-order valence-corrected chi connectivity index (χ4v) is 1.93. The van der Waals surface area contributed by atoms with Gasteiger partial charge in [0, 0.05) is 36.5 Å². The molecule has 1 aromatic heterocycles. The maximum Gasteiger partial charge on any atom is 0.219 e. The molecule has 0 atom stereocenters. The number of pyridine rings is 1. The van der Waals surface area contributed by atoms with E-state index in [1.54, 1.807) is 32.4 Å². The molecule has 1 aromatic carbocycles. The van der Waals surface area contributed by atoms with Crippen molar-refractivity contribution in [2.45, 2.75) is 19.9 Å². The summed E-state index contributed by atoms with van der Waals surface area (Å²) >= 11 is 0. The van der Waals surface area contributed by atoms with Crippen LogP contribution in [0, 0.1) is 0 Å². The van der Waals surface area contributed by atoms with Gasteiger partial charge in [0.2, 0.25) is 5.88 Å². The molecule has 0 unspecified atom stereocenters. The second-order valence-corrected chi connectivity index (χ2v) is 4.51. The molecule has 0 saturated heterocycles. The first-order valence-corrected chi connectivity index (χ1v) is 6.79. The largest absolute Gasteiger partial charge is 0.496 e. The summed E-state index contributed by atoms with van der Waals surface area (Å²) in [7, 11) is 3.20. The summed E-state index contributed by atoms with van der Waals surface area (Å²) in [4.78, 5) is 4.45. The molecule has 21 heavy (non-hydrogen) atoms. The summed E-state index contributed by atoms with van der Waals surface area (Å²) in [6.07, 6.45) is 0.825. The van der Waals surface area contributed by atoms with Crippen LogP contribution in [0.2, 0.25) is 0 Å². The van der Waals surface area contributed by atoms with Gasteiger partial charge in [-0.2, -0.15) is 0 Å². The molecule has 0 aliphatic rings. The van der Waals surface area contributed by atoms with Crippen LogP contribution in [0.1, 0.15) is 18.2 Å². The fourth-order valence-electron chi connectivity index (χ4n) is 1.93. The quantitative estimate of drug-likeness (QED) is 0.885. The van der Waals surface area contributed by atoms with Crippen LogP contribution in [0.5, 0.6) is 23.1 Å². The van der Waals surface area contributed by atoms with E-state index in [9.17, 15) is 0 Å². The maximum atomic E-state index is 5.82. The number of nitrogens with two attached hydrogens (primary N) is 1. The van der Waals surface area contributed by atoms with Gasteiger partial charge in [-0.05, 0) is 18.1 Å². The minimum atomic E-state index is 0.452. The van der Waals surface area contributed by atoms with Crippen molar-refractivity contribution in [1.29, 1.82) is 0 Å². The van der Waals surface area contributed by atoms with E-state index in [0.717, 1.165) is 17.7 Å². The van der Waals surface area contributed by atoms with Gasteiger partial charge < -0.3 is 19.9 Å². The molecular formula is C16H20N2O3. The molecule has 2 N–H and O–H groups in total. The first-order chi connectivity index (χ1) is 10.2. The van der Waals surface area contributed by atoms with Gasteiger partial charge in [0.1, 0.15) is 17.2 Å². The molecule has 5 nitrogen and oxygen atoms in total. The van der Waals surface area contributed by atoms with Crippen molar-refractivity contribution in [3.63, 3.8) is 0 Å². The molecule has 0 amide bonds. The zero-order valence-electron chi connectivity index (χ0n) is 12.6. The van der Waals surface area contributed by atoms with Crippen LogP contribution in [-0.2, 0) is 13.0 Å². The summed E-state index contributed by atoms with van der Waals surface area (Å²) < 4.78 is 16.3. The Bertz CT molecular complexity index is 516. The molecule has 0 aliphatic heterocycles. The van der Waals surface area contributed by atoms with Gasteiger partial charge in [-0.3, -0.25) is 0 Å². The topological polar surface area (TPSA) is 66.6 Å². The number of methoxy groups -OCH3 is 2. The van der Waals surface area contributed by atoms with Gasteiger partial charge in [0.15, 0.2) is 0 Å². The Balaban J connectivity index is 2.32. The third-order valence-corrected chi connectivity index (χ3v) is 3.06. The van der Waals surface area contributed by atoms with Crippen molar-refractivity contribution in [3.8, 4) is 23.1 Å². The van der Waals surface area contributed by atoms with Crippen LogP contribution >= 0.6 is 0 Å². The van der Waals surface area contributed by atoms with Gasteiger partial charge in [0.25, 0.3) is 0 Å². The Morgan fingerprint density at radius 1 is 0.952 bits per heavy atom. The summed E-state index contributed by atoms with van der Waals surface area (Å²) in [6, 6.07) is 9.17. The van der Waals surface area contributed by atoms with Crippen LogP contribution in [0.4, 0.5) is 0 Å². The number of nitrogens with zero attached hydrogens (tertiary/aromatic N) is 1. The SMILES string of the molecule is CCc1cc(CN)cc(Oc2cc(OC)cc(OC)c2)n1. The standard InChI is InChI=1S/C16H20N2O3/c1-4-12-5-11(10-17)6-16(18-12)21-15-8-13(19-2)7-14(9-15)20-3/h5-9H,4,10,17H2,1-3H3. The van der Waals surface area contributed by atoms with Gasteiger partial charge in [-0.15, -0.1) is 0 Å². The van der Waals surface area contributed by atoms with Crippen molar-refractivity contribution >= 4 is 0 Å². The van der Waals surface area contributed by atoms with E-state index in [1.165, 1.54) is 0 Å². The van der Waals surface area contributed by atoms with Crippen molar-refractivity contribution in [2.75, 3.05) is 14.2 Å². The Hall–Kier alpha value is -2.27. The Morgan fingerprint density at radius 2 is 1.57 bits per heavy atom. The lowest BCUT2D eigenvalue weighted by atomic mass is 10.2. The minimum absolute atomic E-state index is 0.452. The van der Waals surface area contributed by atoms with Gasteiger partial charge >= 0.3 is 0 Å². The van der Waals surface area contributed by atoms with Crippen LogP contribution in [0.3, 0.4) is 0 Å². The average molecular weight is 288 g/mol. The van der Waals surface area contributed by atoms with Crippen molar-refractivity contribution in [2.24, 2.45) is 5.73 Å². The highest BCUT2D eigenvalue weighted by molar-refractivity contribution is 5.43. The number of hydrogen-bond acceptors (Lipinski definition) is 5. The Kier molecular flexibility index (Phi) is 5.00. The minimum Gasteiger partial charge on any atom is -0.496 e. The molecule has 112 valence electrons. The molecule has 0 spiro atoms. The lowest BCUT2D eigenvalue weighted by Crippen LogP contribution is -2.01. The molecule has 0 saturated carbocycles. The second-order valence-electron chi connectivity index (χ2n) is 4.51. The van der Waals surface area contributed by atoms with Crippen molar-refractivity contribution in [1.82, 2.24) is 4.98 Å². The summed E-state index contributed by atoms with van der Waals surface area (Å²) in [5.74, 6) is 2.45. The van der Waals surface area contributed by atoms with E-state index in [1.807, 2.05) is 19.1 Å². The molecule has 0 aliphatic carbocycles. The molecule has 0 radical (unpaired) electrons. The number of ether oxygens (including phenoxy) is 3. The number of aryl methyl sites for hydroxylation is 1. The molecule has 0 bridgehead atoms. The lowest BCUT2D eigenvalue weighted by Gasteiger charge is -2.11. The first kappa shape index (κ1) is 15.1. The van der Waals surface area contributed by atoms with Gasteiger partial charge in [0.05, 0.1) is 14.2 Å². The van der Waals surface area contributed by atoms with E-state index in [2.05, 4.69) is 4.98 Å².